The van der Waals surface area contributed by atoms with E-state index in [2.05, 4.69) is 30.5 Å². The normalized spacial score (nSPS) is 12.8. The van der Waals surface area contributed by atoms with Crippen LogP contribution >= 0.6 is 0 Å². The van der Waals surface area contributed by atoms with Crippen molar-refractivity contribution in [3.8, 4) is 0 Å². The van der Waals surface area contributed by atoms with Crippen LogP contribution in [0, 0.1) is 6.92 Å². The highest BCUT2D eigenvalue weighted by molar-refractivity contribution is 5.60. The van der Waals surface area contributed by atoms with Gasteiger partial charge in [0.05, 0.1) is 23.3 Å². The van der Waals surface area contributed by atoms with Crippen molar-refractivity contribution in [3.63, 3.8) is 0 Å². The first-order chi connectivity index (χ1) is 12.3. The second-order valence-corrected chi connectivity index (χ2v) is 5.72. The van der Waals surface area contributed by atoms with Gasteiger partial charge in [0.2, 0.25) is 5.95 Å². The molecule has 26 heavy (non-hydrogen) atoms. The number of nitrogen functional groups attached to an aromatic ring is 1. The summed E-state index contributed by atoms with van der Waals surface area (Å²) in [6, 6.07) is 3.73. The van der Waals surface area contributed by atoms with Crippen molar-refractivity contribution in [1.82, 2.24) is 25.1 Å². The highest BCUT2D eigenvalue weighted by Gasteiger charge is 2.36. The van der Waals surface area contributed by atoms with E-state index in [0.29, 0.717) is 5.69 Å². The van der Waals surface area contributed by atoms with Crippen molar-refractivity contribution in [2.45, 2.75) is 25.9 Å². The molecule has 3 rings (SSSR count). The number of rotatable bonds is 4. The maximum atomic E-state index is 13.0. The summed E-state index contributed by atoms with van der Waals surface area (Å²) in [7, 11) is 0. The first-order valence-corrected chi connectivity index (χ1v) is 7.69. The summed E-state index contributed by atoms with van der Waals surface area (Å²) in [6.45, 7) is 3.18. The molecule has 3 aromatic rings. The molecule has 0 saturated carbocycles. The van der Waals surface area contributed by atoms with E-state index >= 15 is 0 Å². The number of H-pyrrole nitrogens is 1. The smallest absolute Gasteiger partial charge is 0.383 e. The standard InChI is InChI=1S/C16H16F3N7/c1-8(10-4-3-5-21-6-10)13-11(7-22-26-13)24-15-23-9(2)12(14(20)25-15)16(17,18)19/h3-8H,1-2H3,(H,22,26)(H3,20,23,24,25). The van der Waals surface area contributed by atoms with Crippen LogP contribution in [0.15, 0.2) is 30.7 Å². The number of aromatic amines is 1. The number of aryl methyl sites for hydroxylation is 1. The molecule has 0 amide bonds. The van der Waals surface area contributed by atoms with Gasteiger partial charge < -0.3 is 11.1 Å². The van der Waals surface area contributed by atoms with Gasteiger partial charge in [0.1, 0.15) is 11.4 Å². The lowest BCUT2D eigenvalue weighted by atomic mass is 9.99. The van der Waals surface area contributed by atoms with Gasteiger partial charge in [0, 0.05) is 18.3 Å². The molecular weight excluding hydrogens is 347 g/mol. The summed E-state index contributed by atoms with van der Waals surface area (Å²) in [5.74, 6) is -0.742. The minimum absolute atomic E-state index is 0.0333. The summed E-state index contributed by atoms with van der Waals surface area (Å²) >= 11 is 0. The van der Waals surface area contributed by atoms with E-state index < -0.39 is 17.6 Å². The Hall–Kier alpha value is -3.17. The van der Waals surface area contributed by atoms with Crippen LogP contribution in [0.1, 0.15) is 35.4 Å². The minimum Gasteiger partial charge on any atom is -0.383 e. The van der Waals surface area contributed by atoms with Crippen LogP contribution < -0.4 is 11.1 Å². The number of hydrogen-bond acceptors (Lipinski definition) is 6. The topological polar surface area (TPSA) is 105 Å². The fourth-order valence-corrected chi connectivity index (χ4v) is 2.65. The SMILES string of the molecule is Cc1nc(Nc2cn[nH]c2C(C)c2cccnc2)nc(N)c1C(F)(F)F. The summed E-state index contributed by atoms with van der Waals surface area (Å²) in [4.78, 5) is 11.7. The van der Waals surface area contributed by atoms with E-state index in [9.17, 15) is 13.2 Å². The average Bonchev–Trinajstić information content (AvgIpc) is 3.01. The molecule has 3 aromatic heterocycles. The summed E-state index contributed by atoms with van der Waals surface area (Å²) < 4.78 is 38.9. The zero-order valence-corrected chi connectivity index (χ0v) is 14.0. The molecule has 1 unspecified atom stereocenters. The number of pyridine rings is 1. The number of alkyl halides is 3. The molecule has 0 fully saturated rings. The lowest BCUT2D eigenvalue weighted by molar-refractivity contribution is -0.137. The van der Waals surface area contributed by atoms with Crippen LogP contribution in [-0.4, -0.2) is 25.1 Å². The van der Waals surface area contributed by atoms with Gasteiger partial charge in [-0.3, -0.25) is 10.1 Å². The minimum atomic E-state index is -4.61. The monoisotopic (exact) mass is 363 g/mol. The molecule has 0 saturated heterocycles. The number of nitrogens with two attached hydrogens (primary N) is 1. The van der Waals surface area contributed by atoms with Crippen LogP contribution in [0.3, 0.4) is 0 Å². The van der Waals surface area contributed by atoms with Crippen molar-refractivity contribution in [1.29, 1.82) is 0 Å². The maximum absolute atomic E-state index is 13.0. The quantitative estimate of drug-likeness (QED) is 0.656. The van der Waals surface area contributed by atoms with Crippen molar-refractivity contribution < 1.29 is 13.2 Å². The van der Waals surface area contributed by atoms with Crippen LogP contribution in [0.25, 0.3) is 0 Å². The van der Waals surface area contributed by atoms with Crippen molar-refractivity contribution in [2.24, 2.45) is 0 Å². The molecule has 0 aliphatic carbocycles. The Bertz CT molecular complexity index is 883. The Morgan fingerprint density at radius 1 is 1.23 bits per heavy atom. The molecule has 0 aliphatic heterocycles. The Labute approximate surface area is 146 Å². The third kappa shape index (κ3) is 3.44. The van der Waals surface area contributed by atoms with Gasteiger partial charge in [0.15, 0.2) is 0 Å². The molecule has 10 heteroatoms. The second kappa shape index (κ2) is 6.62. The number of nitrogens with one attached hydrogen (secondary N) is 2. The van der Waals surface area contributed by atoms with Gasteiger partial charge in [0.25, 0.3) is 0 Å². The third-order valence-corrected chi connectivity index (χ3v) is 3.93. The van der Waals surface area contributed by atoms with E-state index in [4.69, 9.17) is 5.73 Å². The molecule has 3 heterocycles. The average molecular weight is 363 g/mol. The van der Waals surface area contributed by atoms with E-state index in [1.165, 1.54) is 13.1 Å². The zero-order chi connectivity index (χ0) is 18.9. The Balaban J connectivity index is 1.91. The Morgan fingerprint density at radius 3 is 2.62 bits per heavy atom. The van der Waals surface area contributed by atoms with E-state index in [1.54, 1.807) is 12.4 Å². The summed E-state index contributed by atoms with van der Waals surface area (Å²) in [5, 5.41) is 9.75. The van der Waals surface area contributed by atoms with Crippen molar-refractivity contribution in [3.05, 3.63) is 53.2 Å². The molecule has 0 aromatic carbocycles. The van der Waals surface area contributed by atoms with Crippen molar-refractivity contribution >= 4 is 17.5 Å². The van der Waals surface area contributed by atoms with Crippen LogP contribution in [0.5, 0.6) is 0 Å². The van der Waals surface area contributed by atoms with Gasteiger partial charge >= 0.3 is 6.18 Å². The largest absolute Gasteiger partial charge is 0.421 e. The Morgan fingerprint density at radius 2 is 2.00 bits per heavy atom. The first-order valence-electron chi connectivity index (χ1n) is 7.69. The van der Waals surface area contributed by atoms with E-state index in [1.807, 2.05) is 19.1 Å². The number of nitrogens with zero attached hydrogens (tertiary/aromatic N) is 4. The highest BCUT2D eigenvalue weighted by atomic mass is 19.4. The number of aromatic nitrogens is 5. The lowest BCUT2D eigenvalue weighted by Gasteiger charge is -2.15. The summed E-state index contributed by atoms with van der Waals surface area (Å²) in [6.07, 6.45) is 0.299. The molecule has 136 valence electrons. The molecule has 0 bridgehead atoms. The van der Waals surface area contributed by atoms with Gasteiger partial charge in [-0.25, -0.2) is 4.98 Å². The summed E-state index contributed by atoms with van der Waals surface area (Å²) in [5.41, 5.74) is 6.41. The van der Waals surface area contributed by atoms with E-state index in [0.717, 1.165) is 11.3 Å². The van der Waals surface area contributed by atoms with Crippen molar-refractivity contribution in [2.75, 3.05) is 11.1 Å². The number of hydrogen-bond donors (Lipinski definition) is 3. The molecule has 0 spiro atoms. The third-order valence-electron chi connectivity index (χ3n) is 3.93. The van der Waals surface area contributed by atoms with Crippen LogP contribution in [0.2, 0.25) is 0 Å². The molecule has 1 atom stereocenters. The zero-order valence-electron chi connectivity index (χ0n) is 14.0. The Kier molecular flexibility index (Phi) is 4.49. The fraction of sp³-hybridized carbons (Fsp3) is 0.250. The van der Waals surface area contributed by atoms with Crippen LogP contribution in [-0.2, 0) is 6.18 Å². The predicted octanol–water partition coefficient (Wildman–Crippen LogP) is 3.40. The number of anilines is 3. The maximum Gasteiger partial charge on any atom is 0.421 e. The lowest BCUT2D eigenvalue weighted by Crippen LogP contribution is -2.15. The van der Waals surface area contributed by atoms with Gasteiger partial charge in [-0.05, 0) is 18.6 Å². The molecule has 0 radical (unpaired) electrons. The molecule has 7 nitrogen and oxygen atoms in total. The van der Waals surface area contributed by atoms with Gasteiger partial charge in [-0.15, -0.1) is 0 Å². The predicted molar refractivity (Wildman–Crippen MR) is 89.8 cm³/mol. The fourth-order valence-electron chi connectivity index (χ4n) is 2.65. The number of halogens is 3. The van der Waals surface area contributed by atoms with Gasteiger partial charge in [-0.1, -0.05) is 13.0 Å². The molecular formula is C16H16F3N7. The van der Waals surface area contributed by atoms with Gasteiger partial charge in [-0.2, -0.15) is 23.3 Å². The van der Waals surface area contributed by atoms with Crippen LogP contribution in [0.4, 0.5) is 30.6 Å². The van der Waals surface area contributed by atoms with E-state index in [-0.39, 0.29) is 17.6 Å². The highest BCUT2D eigenvalue weighted by Crippen LogP contribution is 2.35. The first kappa shape index (κ1) is 17.6. The second-order valence-electron chi connectivity index (χ2n) is 5.72. The molecule has 0 aliphatic rings. The molecule has 4 N–H and O–H groups in total.